The molecule has 0 unspecified atom stereocenters. The number of allylic oxidation sites excluding steroid dienone is 4. The van der Waals surface area contributed by atoms with Crippen LogP contribution in [0.4, 0.5) is 43.9 Å². The molecule has 2 N–H and O–H groups in total. The van der Waals surface area contributed by atoms with E-state index in [-0.39, 0.29) is 25.2 Å². The first-order valence-electron chi connectivity index (χ1n) is 7.16. The predicted molar refractivity (Wildman–Crippen MR) is 75.5 cm³/mol. The molecular weight excluding hydrogens is 418 g/mol. The zero-order valence-corrected chi connectivity index (χ0v) is 14.2. The topological polar surface area (TPSA) is 58.2 Å². The number of rotatable bonds is 9. The van der Waals surface area contributed by atoms with E-state index in [4.69, 9.17) is 0 Å². The summed E-state index contributed by atoms with van der Waals surface area (Å²) < 4.78 is 123. The molecule has 0 aromatic carbocycles. The Morgan fingerprint density at radius 3 is 1.11 bits per heavy atom. The van der Waals surface area contributed by atoms with Crippen LogP contribution in [-0.2, 0) is 9.59 Å². The molecule has 14 heteroatoms. The monoisotopic (exact) mass is 432 g/mol. The highest BCUT2D eigenvalue weighted by Gasteiger charge is 2.63. The van der Waals surface area contributed by atoms with Gasteiger partial charge in [-0.2, -0.15) is 43.9 Å². The Kier molecular flexibility index (Phi) is 8.10. The molecule has 0 aromatic heterocycles. The van der Waals surface area contributed by atoms with Crippen LogP contribution >= 0.6 is 0 Å². The Balaban J connectivity index is 4.68. The Morgan fingerprint density at radius 1 is 0.643 bits per heavy atom. The van der Waals surface area contributed by atoms with Gasteiger partial charge in [0.25, 0.3) is 0 Å². The molecule has 28 heavy (non-hydrogen) atoms. The van der Waals surface area contributed by atoms with Crippen LogP contribution in [0.3, 0.4) is 0 Å². The van der Waals surface area contributed by atoms with Gasteiger partial charge in [-0.3, -0.25) is 9.59 Å². The molecule has 162 valence electrons. The molecule has 0 bridgehead atoms. The lowest BCUT2D eigenvalue weighted by Gasteiger charge is -2.17. The Hall–Kier alpha value is -2.28. The quantitative estimate of drug-likeness (QED) is 0.333. The summed E-state index contributed by atoms with van der Waals surface area (Å²) >= 11 is 0. The molecule has 0 rings (SSSR count). The normalized spacial score (nSPS) is 14.7. The maximum absolute atomic E-state index is 12.7. The Morgan fingerprint density at radius 2 is 0.893 bits per heavy atom. The van der Waals surface area contributed by atoms with Crippen molar-refractivity contribution in [2.45, 2.75) is 38.0 Å². The minimum atomic E-state index is -6.07. The van der Waals surface area contributed by atoms with Gasteiger partial charge in [-0.05, 0) is 13.8 Å². The van der Waals surface area contributed by atoms with Crippen LogP contribution in [0.5, 0.6) is 0 Å². The Labute approximate surface area is 151 Å². The second-order valence-electron chi connectivity index (χ2n) is 5.38. The number of ketones is 2. The highest BCUT2D eigenvalue weighted by atomic mass is 19.4. The van der Waals surface area contributed by atoms with Gasteiger partial charge in [0.15, 0.2) is 0 Å². The van der Waals surface area contributed by atoms with Crippen molar-refractivity contribution in [3.8, 4) is 0 Å². The lowest BCUT2D eigenvalue weighted by Crippen LogP contribution is -2.43. The van der Waals surface area contributed by atoms with Crippen LogP contribution in [0, 0.1) is 0 Å². The summed E-state index contributed by atoms with van der Waals surface area (Å²) in [5, 5.41) is 4.47. The van der Waals surface area contributed by atoms with E-state index in [1.807, 2.05) is 0 Å². The fourth-order valence-corrected chi connectivity index (χ4v) is 1.48. The van der Waals surface area contributed by atoms with Crippen LogP contribution in [0.1, 0.15) is 13.8 Å². The van der Waals surface area contributed by atoms with Gasteiger partial charge in [-0.1, -0.05) is 0 Å². The van der Waals surface area contributed by atoms with Gasteiger partial charge < -0.3 is 10.6 Å². The highest BCUT2D eigenvalue weighted by Crippen LogP contribution is 2.37. The Bertz CT molecular complexity index is 591. The van der Waals surface area contributed by atoms with E-state index >= 15 is 0 Å². The maximum Gasteiger partial charge on any atom is 0.461 e. The summed E-state index contributed by atoms with van der Waals surface area (Å²) in [5.74, 6) is -16.2. The highest BCUT2D eigenvalue weighted by molar-refractivity contribution is 5.97. The van der Waals surface area contributed by atoms with E-state index in [0.717, 1.165) is 13.8 Å². The van der Waals surface area contributed by atoms with Crippen LogP contribution < -0.4 is 10.6 Å². The number of carbonyl (C=O) groups excluding carboxylic acids is 2. The number of hydrogen-bond donors (Lipinski definition) is 2. The summed E-state index contributed by atoms with van der Waals surface area (Å²) in [6, 6.07) is 0. The first kappa shape index (κ1) is 25.7. The second-order valence-corrected chi connectivity index (χ2v) is 5.38. The number of alkyl halides is 10. The first-order valence-corrected chi connectivity index (χ1v) is 7.16. The summed E-state index contributed by atoms with van der Waals surface area (Å²) in [7, 11) is 0. The molecule has 0 aliphatic heterocycles. The molecule has 0 aromatic rings. The second kappa shape index (κ2) is 8.82. The average Bonchev–Trinajstić information content (AvgIpc) is 2.49. The molecule has 0 aliphatic rings. The van der Waals surface area contributed by atoms with Gasteiger partial charge in [0.1, 0.15) is 0 Å². The van der Waals surface area contributed by atoms with Crippen molar-refractivity contribution in [3.63, 3.8) is 0 Å². The van der Waals surface area contributed by atoms with Crippen LogP contribution in [-0.4, -0.2) is 48.9 Å². The number of carbonyl (C=O) groups is 2. The van der Waals surface area contributed by atoms with Gasteiger partial charge >= 0.3 is 24.2 Å². The smallest absolute Gasteiger partial charge is 0.387 e. The van der Waals surface area contributed by atoms with Crippen molar-refractivity contribution in [2.24, 2.45) is 0 Å². The SMILES string of the molecule is C/C(=C/C(=O)C(F)(F)C(F)(F)F)NCCN/C(C)=C\C(=O)C(F)(F)C(F)(F)F. The summed E-state index contributed by atoms with van der Waals surface area (Å²) in [6.45, 7) is 1.45. The third-order valence-electron chi connectivity index (χ3n) is 2.96. The fourth-order valence-electron chi connectivity index (χ4n) is 1.48. The van der Waals surface area contributed by atoms with Gasteiger partial charge in [0.05, 0.1) is 0 Å². The van der Waals surface area contributed by atoms with Crippen molar-refractivity contribution >= 4 is 11.6 Å². The molecule has 0 fully saturated rings. The number of nitrogens with one attached hydrogen (secondary N) is 2. The van der Waals surface area contributed by atoms with Crippen molar-refractivity contribution in [1.29, 1.82) is 0 Å². The lowest BCUT2D eigenvalue weighted by molar-refractivity contribution is -0.266. The molecule has 0 radical (unpaired) electrons. The molecule has 0 heterocycles. The molecule has 4 nitrogen and oxygen atoms in total. The zero-order valence-electron chi connectivity index (χ0n) is 14.2. The summed E-state index contributed by atoms with van der Waals surface area (Å²) in [6.07, 6.45) is -12.1. The van der Waals surface area contributed by atoms with Gasteiger partial charge in [0, 0.05) is 36.6 Å². The third kappa shape index (κ3) is 6.71. The lowest BCUT2D eigenvalue weighted by atomic mass is 10.2. The number of halogens is 10. The van der Waals surface area contributed by atoms with E-state index in [2.05, 4.69) is 10.6 Å². The van der Waals surface area contributed by atoms with E-state index in [9.17, 15) is 53.5 Å². The van der Waals surface area contributed by atoms with E-state index in [1.54, 1.807) is 0 Å². The average molecular weight is 432 g/mol. The summed E-state index contributed by atoms with van der Waals surface area (Å²) in [4.78, 5) is 21.9. The maximum atomic E-state index is 12.7. The molecule has 0 spiro atoms. The van der Waals surface area contributed by atoms with Crippen molar-refractivity contribution < 1.29 is 53.5 Å². The van der Waals surface area contributed by atoms with Crippen LogP contribution in [0.15, 0.2) is 23.5 Å². The van der Waals surface area contributed by atoms with Crippen molar-refractivity contribution in [1.82, 2.24) is 10.6 Å². The van der Waals surface area contributed by atoms with E-state index in [0.29, 0.717) is 0 Å². The summed E-state index contributed by atoms with van der Waals surface area (Å²) in [5.41, 5.74) is -0.783. The predicted octanol–water partition coefficient (Wildman–Crippen LogP) is 3.51. The van der Waals surface area contributed by atoms with E-state index in [1.165, 1.54) is 0 Å². The van der Waals surface area contributed by atoms with Gasteiger partial charge in [0.2, 0.25) is 11.6 Å². The first-order chi connectivity index (χ1) is 12.3. The molecular formula is C14H14F10N2O2. The third-order valence-corrected chi connectivity index (χ3v) is 2.96. The standard InChI is InChI=1S/C14H14F10N2O2/c1-7(5-9(27)11(15,16)13(19,20)21)25-3-4-26-8(2)6-10(28)12(17,18)14(22,23)24/h5-6,25-26H,3-4H2,1-2H3/b7-5-,8-6-. The molecule has 0 saturated heterocycles. The van der Waals surface area contributed by atoms with Gasteiger partial charge in [-0.25, -0.2) is 0 Å². The molecule has 0 saturated carbocycles. The van der Waals surface area contributed by atoms with Crippen molar-refractivity contribution in [3.05, 3.63) is 23.5 Å². The minimum Gasteiger partial charge on any atom is -0.387 e. The van der Waals surface area contributed by atoms with Crippen LogP contribution in [0.25, 0.3) is 0 Å². The molecule has 0 atom stereocenters. The largest absolute Gasteiger partial charge is 0.461 e. The molecule has 0 aliphatic carbocycles. The molecule has 0 amide bonds. The van der Waals surface area contributed by atoms with E-state index < -0.39 is 47.2 Å². The minimum absolute atomic E-state index is 0.00357. The van der Waals surface area contributed by atoms with Crippen molar-refractivity contribution in [2.75, 3.05) is 13.1 Å². The number of hydrogen-bond acceptors (Lipinski definition) is 4. The van der Waals surface area contributed by atoms with Gasteiger partial charge in [-0.15, -0.1) is 0 Å². The van der Waals surface area contributed by atoms with Crippen LogP contribution in [0.2, 0.25) is 0 Å². The zero-order chi connectivity index (χ0) is 22.6. The fraction of sp³-hybridized carbons (Fsp3) is 0.571.